The number of aliphatic hydroxyl groups excluding tert-OH is 3. The maximum absolute atomic E-state index is 14.0. The lowest BCUT2D eigenvalue weighted by Gasteiger charge is -2.25. The molecule has 10 heterocycles. The normalized spacial score (nSPS) is 12.4. The predicted molar refractivity (Wildman–Crippen MR) is 346 cm³/mol. The topological polar surface area (TPSA) is 252 Å². The minimum Gasteiger partial charge on any atom is -0.648 e. The predicted octanol–water partition coefficient (Wildman–Crippen LogP) is 2.76. The Balaban J connectivity index is 0.824. The molecule has 3 amide bonds. The Morgan fingerprint density at radius 2 is 0.691 bits per heavy atom. The molecule has 0 aliphatic rings. The molecule has 0 aromatic carbocycles. The molecule has 0 spiro atoms. The second-order valence-corrected chi connectivity index (χ2v) is 22.7. The smallest absolute Gasteiger partial charge is 0.335 e. The van der Waals surface area contributed by atoms with Crippen molar-refractivity contribution in [3.05, 3.63) is 260 Å². The van der Waals surface area contributed by atoms with Crippen LogP contribution < -0.4 is 51.5 Å². The van der Waals surface area contributed by atoms with Gasteiger partial charge < -0.3 is 45.7 Å². The molecule has 0 saturated carbocycles. The first-order valence-corrected chi connectivity index (χ1v) is 30.9. The third-order valence-corrected chi connectivity index (χ3v) is 15.7. The number of nitrogens with zero attached hydrogens (tertiary/aromatic N) is 13. The number of aromatic amines is 2. The van der Waals surface area contributed by atoms with Gasteiger partial charge in [0.25, 0.3) is 11.4 Å². The summed E-state index contributed by atoms with van der Waals surface area (Å²) in [4.78, 5) is 59.7. The number of aryl methyl sites for hydroxylation is 4. The first-order chi connectivity index (χ1) is 45.6. The second-order valence-electron chi connectivity index (χ2n) is 22.7. The van der Waals surface area contributed by atoms with Crippen molar-refractivity contribution in [2.24, 2.45) is 38.2 Å². The summed E-state index contributed by atoms with van der Waals surface area (Å²) in [5.41, 5.74) is 9.72. The highest BCUT2D eigenvalue weighted by Gasteiger charge is 2.23. The lowest BCUT2D eigenvalue weighted by Crippen LogP contribution is -2.75. The summed E-state index contributed by atoms with van der Waals surface area (Å²) < 4.78 is 15.6. The van der Waals surface area contributed by atoms with Gasteiger partial charge in [0.1, 0.15) is 59.9 Å². The average Bonchev–Trinajstić information content (AvgIpc) is 1.17. The quantitative estimate of drug-likeness (QED) is 0.0342. The molecule has 0 aliphatic carbocycles. The van der Waals surface area contributed by atoms with Crippen molar-refractivity contribution in [3.8, 4) is 55.9 Å². The third kappa shape index (κ3) is 18.7. The van der Waals surface area contributed by atoms with Crippen molar-refractivity contribution in [1.82, 2.24) is 0 Å². The van der Waals surface area contributed by atoms with E-state index >= 15 is 0 Å². The Bertz CT molecular complexity index is 4290. The van der Waals surface area contributed by atoms with Gasteiger partial charge in [-0.3, -0.25) is 0 Å². The summed E-state index contributed by atoms with van der Waals surface area (Å²) in [6.07, 6.45) is 33.7. The fourth-order valence-corrected chi connectivity index (χ4v) is 10.2. The number of amides is 3. The molecular weight excluding hydrogens is 1180 g/mol. The summed E-state index contributed by atoms with van der Waals surface area (Å²) in [7, 11) is 7.86. The molecule has 0 aliphatic heterocycles. The van der Waals surface area contributed by atoms with Crippen LogP contribution in [0.15, 0.2) is 243 Å². The monoisotopic (exact) mass is 1260 g/mol. The number of aliphatic imine (C=N–C) groups is 2. The minimum absolute atomic E-state index is 0.0798. The van der Waals surface area contributed by atoms with Crippen LogP contribution in [0.25, 0.3) is 71.8 Å². The van der Waals surface area contributed by atoms with E-state index in [1.165, 1.54) is 0 Å². The standard InChI is InChI=1S/C72H72N16O6/c1-81-29-7-53(8-30-81)57-15-37-85(38-16-57)45-25-75-67(89)51-65(71(93)77-27-47-87-41-19-59(20-42-87)55-11-33-83(3)34-12-55)79-69(91)61-5-23-73-63(49-61)64-50-62(6-24-74-64)70(92)80-66(72(94)78-28-48-88-43-21-60(22-44-88)56-13-35-84(4)36-14-56)52-68(90)76-26-46-86-39-17-58(18-40-86)54-9-31-82(2)32-10-54/h5-24,29-44,49-50,65-66H,25-28,45-48,51-52H2,1-4H3/q+2/p+6/t65-,66-/m1/s1. The number of H-pyrrole nitrogens is 2. The Kier molecular flexibility index (Phi) is 22.1. The molecule has 10 rings (SSSR count). The van der Waals surface area contributed by atoms with E-state index in [0.29, 0.717) is 44.1 Å². The summed E-state index contributed by atoms with van der Waals surface area (Å²) >= 11 is 0. The molecule has 10 aromatic rings. The number of pyridine rings is 10. The zero-order valence-electron chi connectivity index (χ0n) is 53.0. The number of nitrogens with one attached hydrogen (secondary N) is 3. The van der Waals surface area contributed by atoms with E-state index < -0.39 is 48.0 Å². The molecule has 0 bridgehead atoms. The average molecular weight is 1260 g/mol. The Hall–Kier alpha value is -11.7. The van der Waals surface area contributed by atoms with Crippen molar-refractivity contribution in [1.29, 1.82) is 0 Å². The number of carbonyl (C=O) groups is 3. The zero-order valence-corrected chi connectivity index (χ0v) is 53.0. The van der Waals surface area contributed by atoms with Gasteiger partial charge in [0.05, 0.1) is 24.1 Å². The van der Waals surface area contributed by atoms with Crippen molar-refractivity contribution in [2.75, 3.05) is 26.2 Å². The molecule has 94 heavy (non-hydrogen) atoms. The molecule has 22 heteroatoms. The first-order valence-electron chi connectivity index (χ1n) is 30.9. The molecule has 0 unspecified atom stereocenters. The highest BCUT2D eigenvalue weighted by molar-refractivity contribution is 6.03. The van der Waals surface area contributed by atoms with Crippen LogP contribution in [-0.2, 0) is 68.8 Å². The summed E-state index contributed by atoms with van der Waals surface area (Å²) in [6, 6.07) is 35.9. The van der Waals surface area contributed by atoms with Gasteiger partial charge in [0, 0.05) is 139 Å². The molecule has 22 nitrogen and oxygen atoms in total. The number of hydrogen-bond donors (Lipinski definition) is 4. The van der Waals surface area contributed by atoms with Crippen LogP contribution in [0.4, 0.5) is 0 Å². The van der Waals surface area contributed by atoms with Gasteiger partial charge in [0.15, 0.2) is 112 Å². The maximum atomic E-state index is 14.0. The molecule has 0 radical (unpaired) electrons. The Morgan fingerprint density at radius 3 is 1.02 bits per heavy atom. The fourth-order valence-electron chi connectivity index (χ4n) is 10.2. The largest absolute Gasteiger partial charge is 0.648 e. The molecule has 6 N–H and O–H groups in total. The van der Waals surface area contributed by atoms with E-state index in [4.69, 9.17) is 0 Å². The zero-order chi connectivity index (χ0) is 65.8. The van der Waals surface area contributed by atoms with E-state index in [0.717, 1.165) is 44.5 Å². The fraction of sp³-hybridized carbons (Fsp3) is 0.222. The van der Waals surface area contributed by atoms with Crippen LogP contribution in [0.2, 0.25) is 0 Å². The molecule has 2 atom stereocenters. The van der Waals surface area contributed by atoms with Crippen LogP contribution in [0.1, 0.15) is 24.0 Å². The SMILES string of the molecule is C[n+]1ccc(-c2cc[n+](CC[N-]C(=O)C[C@@H](N=C(O)c3cc[nH+]c(-c4cc(C(O)=N[C@H](CC(O)=[NH+]CC[n+]5ccc(-c6cc[n+](C)cc6)cc5)C(=O)[N-]CC[n+]5ccc(-c6cc[n+](C)cc6)cc5)cc[nH+]4)c3)C(=O)[N-]CC[n+]3ccc(-c4cc[n+](C)cc4)cc3)cc2)cc1. The first kappa shape index (κ1) is 65.3. The Labute approximate surface area is 545 Å². The molecule has 10 aromatic heterocycles. The lowest BCUT2D eigenvalue weighted by atomic mass is 10.1. The van der Waals surface area contributed by atoms with Crippen molar-refractivity contribution < 1.29 is 81.2 Å². The molecular formula is C72H78N16O6+8. The van der Waals surface area contributed by atoms with Crippen molar-refractivity contribution >= 4 is 35.4 Å². The van der Waals surface area contributed by atoms with Crippen LogP contribution >= 0.6 is 0 Å². The highest BCUT2D eigenvalue weighted by Crippen LogP contribution is 2.21. The summed E-state index contributed by atoms with van der Waals surface area (Å²) in [5, 5.41) is 47.6. The van der Waals surface area contributed by atoms with Gasteiger partial charge in [-0.05, 0) is 44.5 Å². The highest BCUT2D eigenvalue weighted by atomic mass is 16.3. The van der Waals surface area contributed by atoms with Crippen LogP contribution in [-0.4, -0.2) is 89.0 Å². The second kappa shape index (κ2) is 31.9. The van der Waals surface area contributed by atoms with Crippen LogP contribution in [0.3, 0.4) is 0 Å². The van der Waals surface area contributed by atoms with Gasteiger partial charge in [-0.15, -0.1) is 0 Å². The van der Waals surface area contributed by atoms with E-state index in [-0.39, 0.29) is 43.1 Å². The van der Waals surface area contributed by atoms with E-state index in [2.05, 4.69) is 40.9 Å². The van der Waals surface area contributed by atoms with Crippen LogP contribution in [0, 0.1) is 0 Å². The van der Waals surface area contributed by atoms with Gasteiger partial charge >= 0.3 is 5.90 Å². The molecule has 0 saturated heterocycles. The van der Waals surface area contributed by atoms with Crippen molar-refractivity contribution in [3.63, 3.8) is 0 Å². The number of hydrogen-bond acceptors (Lipinski definition) is 5. The van der Waals surface area contributed by atoms with E-state index in [1.807, 2.05) is 261 Å². The van der Waals surface area contributed by atoms with Gasteiger partial charge in [0.2, 0.25) is 24.9 Å². The number of carbonyl (C=O) groups excluding carboxylic acids is 3. The number of aliphatic hydroxyl groups is 3. The van der Waals surface area contributed by atoms with Gasteiger partial charge in [-0.2, -0.15) is 4.57 Å². The summed E-state index contributed by atoms with van der Waals surface area (Å²) in [6.45, 7) is 2.29. The minimum atomic E-state index is -1.40. The lowest BCUT2D eigenvalue weighted by molar-refractivity contribution is -0.718. The Morgan fingerprint density at radius 1 is 0.404 bits per heavy atom. The van der Waals surface area contributed by atoms with Gasteiger partial charge in [-0.25, -0.2) is 56.9 Å². The van der Waals surface area contributed by atoms with Crippen LogP contribution in [0.5, 0.6) is 0 Å². The third-order valence-electron chi connectivity index (χ3n) is 15.7. The number of rotatable bonds is 27. The maximum Gasteiger partial charge on any atom is 0.335 e. The molecule has 474 valence electrons. The number of aromatic nitrogens is 10. The summed E-state index contributed by atoms with van der Waals surface area (Å²) in [5.74, 6) is -3.16. The van der Waals surface area contributed by atoms with Gasteiger partial charge in [-0.1, -0.05) is 19.6 Å². The van der Waals surface area contributed by atoms with Crippen molar-refractivity contribution in [2.45, 2.75) is 51.1 Å². The molecule has 0 fully saturated rings. The van der Waals surface area contributed by atoms with E-state index in [1.54, 1.807) is 36.7 Å². The van der Waals surface area contributed by atoms with E-state index in [9.17, 15) is 29.7 Å².